The number of amides is 1. The maximum atomic E-state index is 10.4. The Morgan fingerprint density at radius 3 is 2.25 bits per heavy atom. The van der Waals surface area contributed by atoms with Gasteiger partial charge in [-0.2, -0.15) is 8.42 Å². The van der Waals surface area contributed by atoms with Crippen molar-refractivity contribution >= 4 is 16.0 Å². The molecule has 0 radical (unpaired) electrons. The van der Waals surface area contributed by atoms with Gasteiger partial charge in [-0.05, 0) is 13.8 Å². The molecule has 0 heterocycles. The predicted octanol–water partition coefficient (Wildman–Crippen LogP) is -0.306. The molecule has 0 aromatic heterocycles. The molecular formula is C6H11NO4S. The van der Waals surface area contributed by atoms with Gasteiger partial charge in [0.15, 0.2) is 0 Å². The zero-order chi connectivity index (χ0) is 9.94. The van der Waals surface area contributed by atoms with Gasteiger partial charge in [0.1, 0.15) is 5.25 Å². The normalized spacial score (nSPS) is 15.8. The summed E-state index contributed by atoms with van der Waals surface area (Å²) in [5.41, 5.74) is 4.96. The van der Waals surface area contributed by atoms with E-state index in [2.05, 4.69) is 0 Å². The fourth-order valence-corrected chi connectivity index (χ4v) is 0.896. The molecule has 12 heavy (non-hydrogen) atoms. The summed E-state index contributed by atoms with van der Waals surface area (Å²) < 4.78 is 29.4. The van der Waals surface area contributed by atoms with Gasteiger partial charge in [-0.25, -0.2) is 0 Å². The van der Waals surface area contributed by atoms with E-state index in [0.717, 1.165) is 6.08 Å². The van der Waals surface area contributed by atoms with Gasteiger partial charge < -0.3 is 5.73 Å². The van der Waals surface area contributed by atoms with Crippen LogP contribution in [0.25, 0.3) is 0 Å². The first-order valence-corrected chi connectivity index (χ1v) is 4.70. The highest BCUT2D eigenvalue weighted by molar-refractivity contribution is 7.86. The minimum atomic E-state index is -4.12. The molecule has 0 saturated heterocycles. The van der Waals surface area contributed by atoms with E-state index < -0.39 is 21.3 Å². The van der Waals surface area contributed by atoms with Crippen molar-refractivity contribution in [3.8, 4) is 0 Å². The summed E-state index contributed by atoms with van der Waals surface area (Å²) in [4.78, 5) is 10.4. The largest absolute Gasteiger partial charge is 0.366 e. The van der Waals surface area contributed by atoms with Crippen LogP contribution in [-0.4, -0.2) is 24.1 Å². The van der Waals surface area contributed by atoms with Crippen LogP contribution in [0, 0.1) is 0 Å². The standard InChI is InChI=1S/C6H11NO4S/c1-4(6(7)8)3-5(2)12(9,10)11/h3,5H,1-2H3,(H2,7,8)(H,9,10,11). The van der Waals surface area contributed by atoms with E-state index in [9.17, 15) is 13.2 Å². The molecule has 0 spiro atoms. The lowest BCUT2D eigenvalue weighted by Crippen LogP contribution is -2.18. The molecular weight excluding hydrogens is 182 g/mol. The van der Waals surface area contributed by atoms with Crippen LogP contribution >= 0.6 is 0 Å². The third kappa shape index (κ3) is 3.49. The van der Waals surface area contributed by atoms with Crippen molar-refractivity contribution in [2.75, 3.05) is 0 Å². The lowest BCUT2D eigenvalue weighted by Gasteiger charge is -2.02. The van der Waals surface area contributed by atoms with Gasteiger partial charge in [-0.15, -0.1) is 0 Å². The van der Waals surface area contributed by atoms with Gasteiger partial charge in [-0.3, -0.25) is 9.35 Å². The zero-order valence-electron chi connectivity index (χ0n) is 6.81. The number of carbonyl (C=O) groups excluding carboxylic acids is 1. The number of nitrogens with two attached hydrogens (primary N) is 1. The van der Waals surface area contributed by atoms with Crippen LogP contribution in [0.5, 0.6) is 0 Å². The number of rotatable bonds is 3. The maximum Gasteiger partial charge on any atom is 0.271 e. The smallest absolute Gasteiger partial charge is 0.271 e. The first-order chi connectivity index (χ1) is 5.25. The number of hydrogen-bond donors (Lipinski definition) is 2. The first kappa shape index (κ1) is 11.1. The van der Waals surface area contributed by atoms with Crippen molar-refractivity contribution < 1.29 is 17.8 Å². The highest BCUT2D eigenvalue weighted by Gasteiger charge is 2.15. The molecule has 0 fully saturated rings. The topological polar surface area (TPSA) is 97.5 Å². The highest BCUT2D eigenvalue weighted by Crippen LogP contribution is 2.03. The summed E-state index contributed by atoms with van der Waals surface area (Å²) in [6.45, 7) is 2.63. The van der Waals surface area contributed by atoms with Crippen molar-refractivity contribution in [3.05, 3.63) is 11.6 Å². The number of hydrogen-bond acceptors (Lipinski definition) is 3. The maximum absolute atomic E-state index is 10.4. The molecule has 70 valence electrons. The van der Waals surface area contributed by atoms with Crippen molar-refractivity contribution in [2.45, 2.75) is 19.1 Å². The van der Waals surface area contributed by atoms with E-state index >= 15 is 0 Å². The summed E-state index contributed by atoms with van der Waals surface area (Å²) in [6, 6.07) is 0. The van der Waals surface area contributed by atoms with E-state index in [1.807, 2.05) is 0 Å². The lowest BCUT2D eigenvalue weighted by molar-refractivity contribution is -0.114. The van der Waals surface area contributed by atoms with Gasteiger partial charge in [0, 0.05) is 5.57 Å². The Bertz CT molecular complexity index is 304. The Morgan fingerprint density at radius 2 is 2.00 bits per heavy atom. The summed E-state index contributed by atoms with van der Waals surface area (Å²) in [7, 11) is -4.12. The van der Waals surface area contributed by atoms with Gasteiger partial charge in [0.2, 0.25) is 5.91 Å². The predicted molar refractivity (Wildman–Crippen MR) is 44.0 cm³/mol. The van der Waals surface area contributed by atoms with Crippen LogP contribution in [0.3, 0.4) is 0 Å². The number of carbonyl (C=O) groups is 1. The summed E-state index contributed by atoms with van der Waals surface area (Å²) in [6.07, 6.45) is 1.09. The van der Waals surface area contributed by atoms with Crippen LogP contribution in [-0.2, 0) is 14.9 Å². The Balaban J connectivity index is 4.68. The van der Waals surface area contributed by atoms with Crippen LogP contribution in [0.4, 0.5) is 0 Å². The molecule has 0 saturated carbocycles. The van der Waals surface area contributed by atoms with E-state index in [1.165, 1.54) is 13.8 Å². The van der Waals surface area contributed by atoms with E-state index in [-0.39, 0.29) is 5.57 Å². The summed E-state index contributed by atoms with van der Waals surface area (Å²) in [5.74, 6) is -0.703. The van der Waals surface area contributed by atoms with Crippen LogP contribution < -0.4 is 5.73 Å². The van der Waals surface area contributed by atoms with E-state index in [4.69, 9.17) is 10.3 Å². The molecule has 0 bridgehead atoms. The molecule has 1 atom stereocenters. The van der Waals surface area contributed by atoms with Crippen molar-refractivity contribution in [2.24, 2.45) is 5.73 Å². The van der Waals surface area contributed by atoms with E-state index in [0.29, 0.717) is 0 Å². The molecule has 5 nitrogen and oxygen atoms in total. The lowest BCUT2D eigenvalue weighted by atomic mass is 10.2. The van der Waals surface area contributed by atoms with Crippen molar-refractivity contribution in [3.63, 3.8) is 0 Å². The van der Waals surface area contributed by atoms with Gasteiger partial charge >= 0.3 is 0 Å². The molecule has 0 aliphatic carbocycles. The number of primary amides is 1. The Labute approximate surface area is 71.0 Å². The minimum Gasteiger partial charge on any atom is -0.366 e. The van der Waals surface area contributed by atoms with E-state index in [1.54, 1.807) is 0 Å². The highest BCUT2D eigenvalue weighted by atomic mass is 32.2. The van der Waals surface area contributed by atoms with Gasteiger partial charge in [0.25, 0.3) is 10.1 Å². The third-order valence-corrected chi connectivity index (χ3v) is 2.42. The Morgan fingerprint density at radius 1 is 1.58 bits per heavy atom. The van der Waals surface area contributed by atoms with Crippen LogP contribution in [0.15, 0.2) is 11.6 Å². The molecule has 1 unspecified atom stereocenters. The van der Waals surface area contributed by atoms with Crippen molar-refractivity contribution in [1.29, 1.82) is 0 Å². The Kier molecular flexibility index (Phi) is 3.41. The zero-order valence-corrected chi connectivity index (χ0v) is 7.63. The first-order valence-electron chi connectivity index (χ1n) is 3.19. The average Bonchev–Trinajstić information content (AvgIpc) is 1.85. The van der Waals surface area contributed by atoms with Gasteiger partial charge in [-0.1, -0.05) is 6.08 Å². The fraction of sp³-hybridized carbons (Fsp3) is 0.500. The molecule has 0 rings (SSSR count). The molecule has 3 N–H and O–H groups in total. The minimum absolute atomic E-state index is 0.111. The molecule has 6 heteroatoms. The van der Waals surface area contributed by atoms with Crippen LogP contribution in [0.2, 0.25) is 0 Å². The SMILES string of the molecule is CC(=CC(C)S(=O)(=O)O)C(N)=O. The molecule has 0 aliphatic heterocycles. The quantitative estimate of drug-likeness (QED) is 0.474. The molecule has 0 aromatic carbocycles. The van der Waals surface area contributed by atoms with Crippen molar-refractivity contribution in [1.82, 2.24) is 0 Å². The summed E-state index contributed by atoms with van der Waals surface area (Å²) >= 11 is 0. The second-order valence-corrected chi connectivity index (χ2v) is 4.21. The third-order valence-electron chi connectivity index (χ3n) is 1.34. The average molecular weight is 193 g/mol. The fourth-order valence-electron chi connectivity index (χ4n) is 0.520. The summed E-state index contributed by atoms with van der Waals surface area (Å²) in [5, 5.41) is -1.11. The molecule has 0 aromatic rings. The monoisotopic (exact) mass is 193 g/mol. The van der Waals surface area contributed by atoms with Gasteiger partial charge in [0.05, 0.1) is 0 Å². The molecule has 0 aliphatic rings. The second kappa shape index (κ2) is 3.68. The van der Waals surface area contributed by atoms with Crippen LogP contribution in [0.1, 0.15) is 13.8 Å². The Hall–Kier alpha value is -0.880. The second-order valence-electron chi connectivity index (χ2n) is 2.43. The molecule has 1 amide bonds.